The van der Waals surface area contributed by atoms with Gasteiger partial charge in [0.1, 0.15) is 23.3 Å². The van der Waals surface area contributed by atoms with Crippen LogP contribution >= 0.6 is 11.6 Å². The maximum atomic E-state index is 11.8. The third-order valence-corrected chi connectivity index (χ3v) is 4.42. The molecule has 2 fully saturated rings. The molecule has 0 aromatic rings. The van der Waals surface area contributed by atoms with Crippen LogP contribution in [0.2, 0.25) is 0 Å². The van der Waals surface area contributed by atoms with Crippen molar-refractivity contribution >= 4 is 17.6 Å². The molecule has 0 saturated carbocycles. The van der Waals surface area contributed by atoms with E-state index in [1.807, 2.05) is 13.8 Å². The number of halogens is 1. The van der Waals surface area contributed by atoms with E-state index in [2.05, 4.69) is 23.7 Å². The third kappa shape index (κ3) is 4.92. The highest BCUT2D eigenvalue weighted by molar-refractivity contribution is 6.23. The van der Waals surface area contributed by atoms with Gasteiger partial charge >= 0.3 is 5.97 Å². The van der Waals surface area contributed by atoms with E-state index in [4.69, 9.17) is 25.8 Å². The van der Waals surface area contributed by atoms with Crippen LogP contribution in [0.25, 0.3) is 0 Å². The summed E-state index contributed by atoms with van der Waals surface area (Å²) >= 11 is 6.23. The van der Waals surface area contributed by atoms with Crippen molar-refractivity contribution in [2.24, 2.45) is 5.92 Å². The lowest BCUT2D eigenvalue weighted by Crippen LogP contribution is -2.50. The molecule has 0 bridgehead atoms. The van der Waals surface area contributed by atoms with E-state index in [1.54, 1.807) is 6.92 Å². The van der Waals surface area contributed by atoms with Crippen LogP contribution in [0.1, 0.15) is 40.0 Å². The van der Waals surface area contributed by atoms with Gasteiger partial charge in [-0.1, -0.05) is 25.7 Å². The molecule has 136 valence electrons. The van der Waals surface area contributed by atoms with Gasteiger partial charge in [0.25, 0.3) is 0 Å². The van der Waals surface area contributed by atoms with E-state index in [1.165, 1.54) is 6.08 Å². The summed E-state index contributed by atoms with van der Waals surface area (Å²) in [6, 6.07) is 0. The Hall–Kier alpha value is -1.66. The Morgan fingerprint density at radius 2 is 2.28 bits per heavy atom. The number of alkyl halides is 1. The predicted octanol–water partition coefficient (Wildman–Crippen LogP) is 2.36. The van der Waals surface area contributed by atoms with Crippen molar-refractivity contribution in [3.05, 3.63) is 11.8 Å². The van der Waals surface area contributed by atoms with Gasteiger partial charge in [0.2, 0.25) is 5.79 Å². The van der Waals surface area contributed by atoms with Gasteiger partial charge in [0, 0.05) is 18.9 Å². The minimum absolute atomic E-state index is 0.158. The van der Waals surface area contributed by atoms with Crippen molar-refractivity contribution in [1.29, 1.82) is 0 Å². The minimum Gasteiger partial charge on any atom is -0.461 e. The van der Waals surface area contributed by atoms with Crippen molar-refractivity contribution in [2.45, 2.75) is 63.4 Å². The molecule has 0 radical (unpaired) electrons. The normalized spacial score (nSPS) is 32.6. The fourth-order valence-corrected chi connectivity index (χ4v) is 3.03. The standard InChI is InChI=1S/C19H23ClO5/c1-4-5-6-7-8-15-17(20)18(22)19(25-15)10-9-14(12-23-19)24-16(21)11-13(2)3/h8,13-14,17-18,22H,9-12H2,1-3H3/t14-,17+,18-,19+/m1/s1. The highest BCUT2D eigenvalue weighted by atomic mass is 35.5. The summed E-state index contributed by atoms with van der Waals surface area (Å²) in [5.41, 5.74) is 0. The van der Waals surface area contributed by atoms with Gasteiger partial charge in [-0.15, -0.1) is 11.6 Å². The molecule has 0 aliphatic carbocycles. The van der Waals surface area contributed by atoms with Crippen molar-refractivity contribution in [3.63, 3.8) is 0 Å². The van der Waals surface area contributed by atoms with E-state index >= 15 is 0 Å². The molecule has 2 heterocycles. The Bertz CT molecular complexity index is 638. The van der Waals surface area contributed by atoms with Crippen LogP contribution in [-0.2, 0) is 19.0 Å². The van der Waals surface area contributed by atoms with Gasteiger partial charge in [-0.25, -0.2) is 0 Å². The zero-order valence-corrected chi connectivity index (χ0v) is 15.4. The van der Waals surface area contributed by atoms with Crippen LogP contribution in [0, 0.1) is 29.6 Å². The number of hydrogen-bond acceptors (Lipinski definition) is 5. The molecule has 2 rings (SSSR count). The molecule has 2 aliphatic heterocycles. The van der Waals surface area contributed by atoms with Crippen LogP contribution in [-0.4, -0.2) is 41.1 Å². The average molecular weight is 367 g/mol. The number of allylic oxidation sites excluding steroid dienone is 1. The van der Waals surface area contributed by atoms with Gasteiger partial charge < -0.3 is 19.3 Å². The van der Waals surface area contributed by atoms with Crippen molar-refractivity contribution in [2.75, 3.05) is 6.61 Å². The Balaban J connectivity index is 1.96. The topological polar surface area (TPSA) is 65.0 Å². The largest absolute Gasteiger partial charge is 0.461 e. The Morgan fingerprint density at radius 3 is 2.88 bits per heavy atom. The third-order valence-electron chi connectivity index (χ3n) is 3.97. The molecule has 1 N–H and O–H groups in total. The highest BCUT2D eigenvalue weighted by Gasteiger charge is 2.55. The van der Waals surface area contributed by atoms with E-state index in [9.17, 15) is 9.90 Å². The molecule has 1 spiro atoms. The molecular weight excluding hydrogens is 344 g/mol. The smallest absolute Gasteiger partial charge is 0.306 e. The maximum absolute atomic E-state index is 11.8. The van der Waals surface area contributed by atoms with Gasteiger partial charge in [0.05, 0.1) is 6.61 Å². The second-order valence-corrected chi connectivity index (χ2v) is 6.98. The number of rotatable bonds is 3. The number of aliphatic hydroxyl groups is 1. The molecule has 0 aromatic heterocycles. The molecule has 0 unspecified atom stereocenters. The van der Waals surface area contributed by atoms with Gasteiger partial charge in [-0.3, -0.25) is 4.79 Å². The predicted molar refractivity (Wildman–Crippen MR) is 93.3 cm³/mol. The Morgan fingerprint density at radius 1 is 1.52 bits per heavy atom. The first-order valence-electron chi connectivity index (χ1n) is 8.35. The number of ether oxygens (including phenoxy) is 3. The summed E-state index contributed by atoms with van der Waals surface area (Å²) in [6.07, 6.45) is 1.41. The van der Waals surface area contributed by atoms with E-state index < -0.39 is 17.3 Å². The lowest BCUT2D eigenvalue weighted by molar-refractivity contribution is -0.271. The van der Waals surface area contributed by atoms with Crippen LogP contribution in [0.3, 0.4) is 0 Å². The molecule has 2 saturated heterocycles. The second kappa shape index (κ2) is 8.63. The molecule has 0 aromatic carbocycles. The van der Waals surface area contributed by atoms with Gasteiger partial charge in [-0.05, 0) is 31.1 Å². The number of aliphatic hydroxyl groups excluding tert-OH is 1. The van der Waals surface area contributed by atoms with Gasteiger partial charge in [0.15, 0.2) is 0 Å². The summed E-state index contributed by atoms with van der Waals surface area (Å²) in [4.78, 5) is 11.8. The zero-order chi connectivity index (χ0) is 18.4. The fourth-order valence-electron chi connectivity index (χ4n) is 2.74. The monoisotopic (exact) mass is 366 g/mol. The molecule has 25 heavy (non-hydrogen) atoms. The molecule has 4 atom stereocenters. The number of hydrogen-bond donors (Lipinski definition) is 1. The molecule has 5 nitrogen and oxygen atoms in total. The first-order chi connectivity index (χ1) is 11.9. The quantitative estimate of drug-likeness (QED) is 0.472. The second-order valence-electron chi connectivity index (χ2n) is 6.51. The van der Waals surface area contributed by atoms with Crippen LogP contribution in [0.15, 0.2) is 11.8 Å². The lowest BCUT2D eigenvalue weighted by atomic mass is 9.98. The fraction of sp³-hybridized carbons (Fsp3) is 0.632. The number of carbonyl (C=O) groups is 1. The summed E-state index contributed by atoms with van der Waals surface area (Å²) in [5.74, 6) is 9.77. The molecule has 2 aliphatic rings. The summed E-state index contributed by atoms with van der Waals surface area (Å²) < 4.78 is 16.9. The molecule has 0 amide bonds. The molecule has 6 heteroatoms. The van der Waals surface area contributed by atoms with Gasteiger partial charge in [-0.2, -0.15) is 0 Å². The maximum Gasteiger partial charge on any atom is 0.306 e. The van der Waals surface area contributed by atoms with E-state index in [-0.39, 0.29) is 24.6 Å². The van der Waals surface area contributed by atoms with Crippen LogP contribution in [0.4, 0.5) is 0 Å². The average Bonchev–Trinajstić information content (AvgIpc) is 2.78. The van der Waals surface area contributed by atoms with Crippen molar-refractivity contribution in [3.8, 4) is 23.7 Å². The first-order valence-corrected chi connectivity index (χ1v) is 8.78. The molecular formula is C19H23ClO5. The summed E-state index contributed by atoms with van der Waals surface area (Å²) in [6.45, 7) is 5.77. The first kappa shape index (κ1) is 19.7. The number of carbonyl (C=O) groups excluding carboxylic acids is 1. The summed E-state index contributed by atoms with van der Waals surface area (Å²) in [7, 11) is 0. The summed E-state index contributed by atoms with van der Waals surface area (Å²) in [5, 5.41) is 9.68. The zero-order valence-electron chi connectivity index (χ0n) is 14.7. The Labute approximate surface area is 153 Å². The lowest BCUT2D eigenvalue weighted by Gasteiger charge is -2.37. The van der Waals surface area contributed by atoms with Crippen molar-refractivity contribution in [1.82, 2.24) is 0 Å². The highest BCUT2D eigenvalue weighted by Crippen LogP contribution is 2.43. The minimum atomic E-state index is -1.21. The number of esters is 1. The van der Waals surface area contributed by atoms with Crippen LogP contribution in [0.5, 0.6) is 0 Å². The van der Waals surface area contributed by atoms with Crippen molar-refractivity contribution < 1.29 is 24.1 Å². The van der Waals surface area contributed by atoms with E-state index in [0.29, 0.717) is 25.0 Å². The van der Waals surface area contributed by atoms with E-state index in [0.717, 1.165) is 0 Å². The SMILES string of the molecule is CC#CC#CC=C1O[C@@]2(CC[C@@H](OC(=O)CC(C)C)CO2)[C@H](O)[C@H]1Cl. The Kier molecular flexibility index (Phi) is 6.79. The van der Waals surface area contributed by atoms with Crippen LogP contribution < -0.4 is 0 Å².